The van der Waals surface area contributed by atoms with E-state index in [9.17, 15) is 4.79 Å². The number of ether oxygens (including phenoxy) is 1. The van der Waals surface area contributed by atoms with E-state index in [4.69, 9.17) is 27.9 Å². The summed E-state index contributed by atoms with van der Waals surface area (Å²) in [5.74, 6) is -0.688. The van der Waals surface area contributed by atoms with Crippen molar-refractivity contribution in [2.24, 2.45) is 0 Å². The monoisotopic (exact) mass is 384 g/mol. The zero-order valence-electron chi connectivity index (χ0n) is 14.3. The van der Waals surface area contributed by atoms with Crippen LogP contribution in [0, 0.1) is 0 Å². The van der Waals surface area contributed by atoms with Crippen molar-refractivity contribution in [2.75, 3.05) is 0 Å². The van der Waals surface area contributed by atoms with Gasteiger partial charge in [0.1, 0.15) is 6.61 Å². The Morgan fingerprint density at radius 3 is 2.23 bits per heavy atom. The molecule has 0 fully saturated rings. The van der Waals surface area contributed by atoms with Gasteiger partial charge in [0.05, 0.1) is 5.92 Å². The maximum absolute atomic E-state index is 12.4. The molecule has 0 aliphatic heterocycles. The van der Waals surface area contributed by atoms with E-state index in [1.165, 1.54) is 0 Å². The van der Waals surface area contributed by atoms with Gasteiger partial charge in [-0.05, 0) is 30.2 Å². The molecular formula is C22H18Cl2O2. The molecule has 2 nitrogen and oxygen atoms in total. The Labute approximate surface area is 163 Å². The van der Waals surface area contributed by atoms with E-state index in [1.807, 2.05) is 73.7 Å². The number of esters is 1. The lowest BCUT2D eigenvalue weighted by Crippen LogP contribution is -2.13. The molecule has 3 aromatic carbocycles. The third-order valence-electron chi connectivity index (χ3n) is 4.23. The second kappa shape index (κ2) is 8.39. The van der Waals surface area contributed by atoms with Crippen LogP contribution in [0.15, 0.2) is 72.8 Å². The van der Waals surface area contributed by atoms with Crippen LogP contribution in [0.1, 0.15) is 24.0 Å². The Hall–Kier alpha value is -2.29. The van der Waals surface area contributed by atoms with Crippen molar-refractivity contribution in [1.82, 2.24) is 0 Å². The molecule has 0 amide bonds. The lowest BCUT2D eigenvalue weighted by molar-refractivity contribution is -0.146. The highest BCUT2D eigenvalue weighted by Gasteiger charge is 2.18. The zero-order valence-corrected chi connectivity index (χ0v) is 15.8. The number of halogens is 2. The average molecular weight is 385 g/mol. The number of benzene rings is 3. The zero-order chi connectivity index (χ0) is 18.5. The minimum Gasteiger partial charge on any atom is -0.460 e. The standard InChI is InChI=1S/C22H18Cl2O2/c1-15(22(25)26-14-16-7-3-2-4-8-16)17-11-12-19(21(24)13-17)18-9-5-6-10-20(18)23/h2-13,15H,14H2,1H3. The Morgan fingerprint density at radius 2 is 1.54 bits per heavy atom. The van der Waals surface area contributed by atoms with Gasteiger partial charge in [0.2, 0.25) is 0 Å². The molecular weight excluding hydrogens is 367 g/mol. The number of hydrogen-bond acceptors (Lipinski definition) is 2. The van der Waals surface area contributed by atoms with E-state index in [-0.39, 0.29) is 12.6 Å². The van der Waals surface area contributed by atoms with Crippen LogP contribution < -0.4 is 0 Å². The van der Waals surface area contributed by atoms with Gasteiger partial charge in [-0.3, -0.25) is 4.79 Å². The summed E-state index contributed by atoms with van der Waals surface area (Å²) >= 11 is 12.7. The molecule has 0 spiro atoms. The van der Waals surface area contributed by atoms with E-state index in [2.05, 4.69) is 0 Å². The highest BCUT2D eigenvalue weighted by molar-refractivity contribution is 6.36. The molecule has 0 aliphatic carbocycles. The largest absolute Gasteiger partial charge is 0.460 e. The third-order valence-corrected chi connectivity index (χ3v) is 4.88. The van der Waals surface area contributed by atoms with Crippen LogP contribution >= 0.6 is 23.2 Å². The molecule has 132 valence electrons. The molecule has 0 N–H and O–H groups in total. The van der Waals surface area contributed by atoms with Crippen LogP contribution in [0.4, 0.5) is 0 Å². The van der Waals surface area contributed by atoms with Crippen LogP contribution in [-0.2, 0) is 16.1 Å². The molecule has 0 saturated carbocycles. The molecule has 0 bridgehead atoms. The molecule has 3 aromatic rings. The summed E-state index contributed by atoms with van der Waals surface area (Å²) in [7, 11) is 0. The first-order chi connectivity index (χ1) is 12.6. The summed E-state index contributed by atoms with van der Waals surface area (Å²) in [6, 6.07) is 22.7. The van der Waals surface area contributed by atoms with Crippen molar-refractivity contribution in [3.8, 4) is 11.1 Å². The van der Waals surface area contributed by atoms with Gasteiger partial charge < -0.3 is 4.74 Å². The SMILES string of the molecule is CC(C(=O)OCc1ccccc1)c1ccc(-c2ccccc2Cl)c(Cl)c1. The van der Waals surface area contributed by atoms with Crippen LogP contribution in [-0.4, -0.2) is 5.97 Å². The highest BCUT2D eigenvalue weighted by Crippen LogP contribution is 2.35. The topological polar surface area (TPSA) is 26.3 Å². The normalized spacial score (nSPS) is 11.8. The minimum absolute atomic E-state index is 0.259. The molecule has 26 heavy (non-hydrogen) atoms. The van der Waals surface area contributed by atoms with Crippen LogP contribution in [0.5, 0.6) is 0 Å². The van der Waals surface area contributed by atoms with Crippen molar-refractivity contribution in [3.63, 3.8) is 0 Å². The van der Waals surface area contributed by atoms with Gasteiger partial charge in [-0.15, -0.1) is 0 Å². The highest BCUT2D eigenvalue weighted by atomic mass is 35.5. The first-order valence-electron chi connectivity index (χ1n) is 8.31. The molecule has 0 saturated heterocycles. The Bertz CT molecular complexity index is 907. The molecule has 0 heterocycles. The maximum atomic E-state index is 12.4. The summed E-state index contributed by atoms with van der Waals surface area (Å²) in [4.78, 5) is 12.4. The lowest BCUT2D eigenvalue weighted by atomic mass is 9.97. The summed E-state index contributed by atoms with van der Waals surface area (Å²) in [6.45, 7) is 2.07. The lowest BCUT2D eigenvalue weighted by Gasteiger charge is -2.14. The summed E-state index contributed by atoms with van der Waals surface area (Å²) in [5, 5.41) is 1.19. The fraction of sp³-hybridized carbons (Fsp3) is 0.136. The fourth-order valence-corrected chi connectivity index (χ4v) is 3.22. The molecule has 3 rings (SSSR count). The molecule has 0 aromatic heterocycles. The van der Waals surface area contributed by atoms with Crippen molar-refractivity contribution >= 4 is 29.2 Å². The Morgan fingerprint density at radius 1 is 0.885 bits per heavy atom. The first-order valence-corrected chi connectivity index (χ1v) is 9.07. The predicted molar refractivity (Wildman–Crippen MR) is 107 cm³/mol. The van der Waals surface area contributed by atoms with Crippen LogP contribution in [0.2, 0.25) is 10.0 Å². The fourth-order valence-electron chi connectivity index (χ4n) is 2.69. The molecule has 0 radical (unpaired) electrons. The van der Waals surface area contributed by atoms with E-state index in [0.29, 0.717) is 10.0 Å². The van der Waals surface area contributed by atoms with Crippen molar-refractivity contribution in [2.45, 2.75) is 19.4 Å². The summed E-state index contributed by atoms with van der Waals surface area (Å²) in [5.41, 5.74) is 3.47. The minimum atomic E-state index is -0.406. The van der Waals surface area contributed by atoms with Gasteiger partial charge in [0.25, 0.3) is 0 Å². The molecule has 0 aliphatic rings. The van der Waals surface area contributed by atoms with Crippen molar-refractivity contribution in [3.05, 3.63) is 94.0 Å². The maximum Gasteiger partial charge on any atom is 0.313 e. The number of hydrogen-bond donors (Lipinski definition) is 0. The summed E-state index contributed by atoms with van der Waals surface area (Å²) < 4.78 is 5.42. The Balaban J connectivity index is 1.74. The third kappa shape index (κ3) is 4.27. The van der Waals surface area contributed by atoms with E-state index in [1.54, 1.807) is 6.07 Å². The van der Waals surface area contributed by atoms with Gasteiger partial charge in [0.15, 0.2) is 0 Å². The van der Waals surface area contributed by atoms with Crippen molar-refractivity contribution < 1.29 is 9.53 Å². The van der Waals surface area contributed by atoms with E-state index >= 15 is 0 Å². The van der Waals surface area contributed by atoms with Gasteiger partial charge in [0, 0.05) is 21.2 Å². The summed E-state index contributed by atoms with van der Waals surface area (Å²) in [6.07, 6.45) is 0. The molecule has 4 heteroatoms. The van der Waals surface area contributed by atoms with E-state index in [0.717, 1.165) is 22.3 Å². The second-order valence-electron chi connectivity index (χ2n) is 6.03. The van der Waals surface area contributed by atoms with Crippen molar-refractivity contribution in [1.29, 1.82) is 0 Å². The van der Waals surface area contributed by atoms with Crippen LogP contribution in [0.3, 0.4) is 0 Å². The molecule has 1 atom stereocenters. The average Bonchev–Trinajstić information content (AvgIpc) is 2.67. The number of carbonyl (C=O) groups is 1. The Kier molecular flexibility index (Phi) is 5.97. The van der Waals surface area contributed by atoms with Crippen LogP contribution in [0.25, 0.3) is 11.1 Å². The smallest absolute Gasteiger partial charge is 0.313 e. The van der Waals surface area contributed by atoms with Gasteiger partial charge in [-0.2, -0.15) is 0 Å². The first kappa shape index (κ1) is 18.5. The van der Waals surface area contributed by atoms with Gasteiger partial charge >= 0.3 is 5.97 Å². The predicted octanol–water partition coefficient (Wildman–Crippen LogP) is 6.51. The van der Waals surface area contributed by atoms with Gasteiger partial charge in [-0.25, -0.2) is 0 Å². The molecule has 1 unspecified atom stereocenters. The van der Waals surface area contributed by atoms with Gasteiger partial charge in [-0.1, -0.05) is 83.9 Å². The number of carbonyl (C=O) groups excluding carboxylic acids is 1. The van der Waals surface area contributed by atoms with E-state index < -0.39 is 5.92 Å². The quantitative estimate of drug-likeness (QED) is 0.468. The second-order valence-corrected chi connectivity index (χ2v) is 6.85. The number of rotatable bonds is 5.